The van der Waals surface area contributed by atoms with Crippen molar-refractivity contribution in [1.29, 1.82) is 0 Å². The maximum Gasteiger partial charge on any atom is 0.274 e. The van der Waals surface area contributed by atoms with E-state index >= 15 is 0 Å². The highest BCUT2D eigenvalue weighted by molar-refractivity contribution is 5.33. The molecule has 2 heterocycles. The van der Waals surface area contributed by atoms with Crippen LogP contribution in [0.15, 0.2) is 29.3 Å². The highest BCUT2D eigenvalue weighted by Crippen LogP contribution is 1.96. The molecule has 6 nitrogen and oxygen atoms in total. The van der Waals surface area contributed by atoms with Crippen LogP contribution in [0.5, 0.6) is 0 Å². The maximum absolute atomic E-state index is 11.6. The Morgan fingerprint density at radius 2 is 2.33 bits per heavy atom. The summed E-state index contributed by atoms with van der Waals surface area (Å²) < 4.78 is 1.50. The van der Waals surface area contributed by atoms with Crippen molar-refractivity contribution in [3.63, 3.8) is 0 Å². The maximum atomic E-state index is 11.6. The lowest BCUT2D eigenvalue weighted by Gasteiger charge is -2.02. The highest BCUT2D eigenvalue weighted by atomic mass is 16.1. The van der Waals surface area contributed by atoms with Crippen LogP contribution in [-0.2, 0) is 13.6 Å². The van der Waals surface area contributed by atoms with Gasteiger partial charge in [0.15, 0.2) is 0 Å². The fourth-order valence-corrected chi connectivity index (χ4v) is 1.31. The highest BCUT2D eigenvalue weighted by Gasteiger charge is 2.02. The number of aryl methyl sites for hydroxylation is 1. The molecule has 78 valence electrons. The molecule has 0 aliphatic rings. The molecule has 0 unspecified atom stereocenters. The van der Waals surface area contributed by atoms with Gasteiger partial charge in [-0.15, -0.1) is 0 Å². The van der Waals surface area contributed by atoms with Gasteiger partial charge in [0.05, 0.1) is 18.4 Å². The second-order valence-corrected chi connectivity index (χ2v) is 3.22. The molecule has 0 saturated carbocycles. The first-order valence-corrected chi connectivity index (χ1v) is 4.47. The van der Waals surface area contributed by atoms with E-state index in [1.54, 1.807) is 31.6 Å². The quantitative estimate of drug-likeness (QED) is 0.724. The molecule has 0 amide bonds. The van der Waals surface area contributed by atoms with Gasteiger partial charge in [-0.2, -0.15) is 15.0 Å². The molecule has 0 aromatic carbocycles. The average Bonchev–Trinajstić information content (AvgIpc) is 2.59. The van der Waals surface area contributed by atoms with Crippen molar-refractivity contribution in [2.45, 2.75) is 6.54 Å². The Hall–Kier alpha value is -2.11. The van der Waals surface area contributed by atoms with E-state index in [0.29, 0.717) is 6.54 Å². The molecule has 2 N–H and O–H groups in total. The molecule has 0 spiro atoms. The normalized spacial score (nSPS) is 10.5. The first kappa shape index (κ1) is 9.45. The van der Waals surface area contributed by atoms with E-state index in [2.05, 4.69) is 10.2 Å². The summed E-state index contributed by atoms with van der Waals surface area (Å²) in [6.45, 7) is 0.387. The molecule has 15 heavy (non-hydrogen) atoms. The summed E-state index contributed by atoms with van der Waals surface area (Å²) in [6, 6.07) is 3.31. The van der Waals surface area contributed by atoms with Gasteiger partial charge in [-0.3, -0.25) is 4.79 Å². The smallest absolute Gasteiger partial charge is 0.274 e. The van der Waals surface area contributed by atoms with Crippen molar-refractivity contribution in [3.8, 4) is 0 Å². The number of rotatable bonds is 2. The zero-order valence-corrected chi connectivity index (χ0v) is 8.29. The first-order valence-electron chi connectivity index (χ1n) is 4.47. The Labute approximate surface area is 85.9 Å². The molecular formula is C9H11N5O. The predicted octanol–water partition coefficient (Wildman–Crippen LogP) is -0.393. The topological polar surface area (TPSA) is 78.7 Å². The van der Waals surface area contributed by atoms with Crippen LogP contribution < -0.4 is 11.3 Å². The molecule has 0 aliphatic heterocycles. The zero-order valence-electron chi connectivity index (χ0n) is 8.29. The number of nitrogens with zero attached hydrogens (tertiary/aromatic N) is 4. The standard InChI is InChI=1S/C9H11N5O/c1-13-11-5-7(12-13)6-14-4-2-3-8(10)9(14)15/h2-5H,6,10H2,1H3. The number of pyridine rings is 1. The summed E-state index contributed by atoms with van der Waals surface area (Å²) in [7, 11) is 1.73. The number of hydrogen-bond donors (Lipinski definition) is 1. The molecule has 0 atom stereocenters. The Morgan fingerprint density at radius 1 is 1.53 bits per heavy atom. The van der Waals surface area contributed by atoms with E-state index in [4.69, 9.17) is 5.73 Å². The van der Waals surface area contributed by atoms with Crippen LogP contribution in [0.3, 0.4) is 0 Å². The van der Waals surface area contributed by atoms with Gasteiger partial charge in [0, 0.05) is 13.2 Å². The summed E-state index contributed by atoms with van der Waals surface area (Å²) in [4.78, 5) is 13.0. The van der Waals surface area contributed by atoms with Gasteiger partial charge in [-0.05, 0) is 12.1 Å². The minimum Gasteiger partial charge on any atom is -0.394 e. The average molecular weight is 205 g/mol. The van der Waals surface area contributed by atoms with E-state index in [-0.39, 0.29) is 11.2 Å². The molecule has 0 aliphatic carbocycles. The molecule has 0 bridgehead atoms. The number of anilines is 1. The van der Waals surface area contributed by atoms with Crippen LogP contribution in [-0.4, -0.2) is 19.6 Å². The van der Waals surface area contributed by atoms with Crippen LogP contribution in [0, 0.1) is 0 Å². The summed E-state index contributed by atoms with van der Waals surface area (Å²) >= 11 is 0. The van der Waals surface area contributed by atoms with Gasteiger partial charge in [-0.1, -0.05) is 0 Å². The zero-order chi connectivity index (χ0) is 10.8. The Morgan fingerprint density at radius 3 is 3.00 bits per heavy atom. The molecule has 0 fully saturated rings. The Kier molecular flexibility index (Phi) is 2.24. The Bertz CT molecular complexity index is 527. The molecule has 2 aromatic heterocycles. The molecule has 2 rings (SSSR count). The lowest BCUT2D eigenvalue weighted by Crippen LogP contribution is -2.22. The predicted molar refractivity (Wildman–Crippen MR) is 55.2 cm³/mol. The minimum atomic E-state index is -0.205. The van der Waals surface area contributed by atoms with Gasteiger partial charge in [0.2, 0.25) is 0 Å². The van der Waals surface area contributed by atoms with Crippen molar-refractivity contribution < 1.29 is 0 Å². The third-order valence-corrected chi connectivity index (χ3v) is 2.03. The van der Waals surface area contributed by atoms with Crippen LogP contribution >= 0.6 is 0 Å². The summed E-state index contributed by atoms with van der Waals surface area (Å²) in [5.74, 6) is 0. The summed E-state index contributed by atoms with van der Waals surface area (Å²) in [5, 5.41) is 8.01. The number of hydrogen-bond acceptors (Lipinski definition) is 4. The number of nitrogen functional groups attached to an aromatic ring is 1. The fraction of sp³-hybridized carbons (Fsp3) is 0.222. The van der Waals surface area contributed by atoms with Crippen LogP contribution in [0.25, 0.3) is 0 Å². The lowest BCUT2D eigenvalue weighted by molar-refractivity contribution is 0.634. The monoisotopic (exact) mass is 205 g/mol. The van der Waals surface area contributed by atoms with Gasteiger partial charge in [0.1, 0.15) is 5.69 Å². The number of aromatic nitrogens is 4. The van der Waals surface area contributed by atoms with Crippen molar-refractivity contribution >= 4 is 5.69 Å². The third-order valence-electron chi connectivity index (χ3n) is 2.03. The van der Waals surface area contributed by atoms with Gasteiger partial charge < -0.3 is 10.3 Å². The third kappa shape index (κ3) is 1.88. The molecule has 2 aromatic rings. The van der Waals surface area contributed by atoms with Crippen LogP contribution in [0.1, 0.15) is 5.69 Å². The molecule has 6 heteroatoms. The Balaban J connectivity index is 2.32. The van der Waals surface area contributed by atoms with Crippen molar-refractivity contribution in [2.75, 3.05) is 5.73 Å². The largest absolute Gasteiger partial charge is 0.394 e. The van der Waals surface area contributed by atoms with Gasteiger partial charge in [-0.25, -0.2) is 0 Å². The summed E-state index contributed by atoms with van der Waals surface area (Å²) in [6.07, 6.45) is 3.29. The van der Waals surface area contributed by atoms with E-state index in [0.717, 1.165) is 5.69 Å². The van der Waals surface area contributed by atoms with E-state index < -0.39 is 0 Å². The minimum absolute atomic E-state index is 0.205. The van der Waals surface area contributed by atoms with Gasteiger partial charge >= 0.3 is 0 Å². The number of nitrogens with two attached hydrogens (primary N) is 1. The second-order valence-electron chi connectivity index (χ2n) is 3.22. The van der Waals surface area contributed by atoms with E-state index in [1.165, 1.54) is 9.36 Å². The summed E-state index contributed by atoms with van der Waals surface area (Å²) in [5.41, 5.74) is 6.26. The molecule has 0 radical (unpaired) electrons. The van der Waals surface area contributed by atoms with Crippen LogP contribution in [0.2, 0.25) is 0 Å². The van der Waals surface area contributed by atoms with Crippen LogP contribution in [0.4, 0.5) is 5.69 Å². The second kappa shape index (κ2) is 3.56. The van der Waals surface area contributed by atoms with E-state index in [9.17, 15) is 4.79 Å². The molecule has 0 saturated heterocycles. The lowest BCUT2D eigenvalue weighted by atomic mass is 10.4. The molecular weight excluding hydrogens is 194 g/mol. The van der Waals surface area contributed by atoms with Crippen molar-refractivity contribution in [2.24, 2.45) is 7.05 Å². The van der Waals surface area contributed by atoms with Gasteiger partial charge in [0.25, 0.3) is 5.56 Å². The van der Waals surface area contributed by atoms with Crippen molar-refractivity contribution in [3.05, 3.63) is 40.6 Å². The first-order chi connectivity index (χ1) is 7.16. The fourth-order valence-electron chi connectivity index (χ4n) is 1.31. The van der Waals surface area contributed by atoms with E-state index in [1.807, 2.05) is 0 Å². The SMILES string of the molecule is Cn1ncc(Cn2cccc(N)c2=O)n1. The van der Waals surface area contributed by atoms with Crippen molar-refractivity contribution in [1.82, 2.24) is 19.6 Å².